The van der Waals surface area contributed by atoms with Crippen LogP contribution in [0, 0.1) is 12.8 Å². The van der Waals surface area contributed by atoms with Gasteiger partial charge in [-0.15, -0.1) is 0 Å². The van der Waals surface area contributed by atoms with Crippen LogP contribution in [0.4, 0.5) is 0 Å². The molecule has 20 heavy (non-hydrogen) atoms. The first-order valence-corrected chi connectivity index (χ1v) is 7.37. The van der Waals surface area contributed by atoms with Gasteiger partial charge in [-0.05, 0) is 31.9 Å². The average Bonchev–Trinajstić information content (AvgIpc) is 2.81. The van der Waals surface area contributed by atoms with Gasteiger partial charge in [0, 0.05) is 25.0 Å². The van der Waals surface area contributed by atoms with Gasteiger partial charge in [-0.3, -0.25) is 9.58 Å². The second kappa shape index (κ2) is 5.45. The molecule has 0 aromatic carbocycles. The summed E-state index contributed by atoms with van der Waals surface area (Å²) in [6.45, 7) is 10.4. The van der Waals surface area contributed by atoms with Gasteiger partial charge >= 0.3 is 0 Å². The van der Waals surface area contributed by atoms with Gasteiger partial charge in [-0.1, -0.05) is 18.5 Å². The second-order valence-electron chi connectivity index (χ2n) is 6.22. The molecule has 1 saturated heterocycles. The third-order valence-corrected chi connectivity index (χ3v) is 4.62. The largest absolute Gasteiger partial charge is 0.300 e. The van der Waals surface area contributed by atoms with Crippen LogP contribution in [0.1, 0.15) is 38.1 Å². The van der Waals surface area contributed by atoms with Crippen LogP contribution >= 0.6 is 11.6 Å². The predicted octanol–water partition coefficient (Wildman–Crippen LogP) is 1.36. The van der Waals surface area contributed by atoms with Gasteiger partial charge < -0.3 is 0 Å². The van der Waals surface area contributed by atoms with Gasteiger partial charge in [0.2, 0.25) is 0 Å². The molecule has 1 fully saturated rings. The van der Waals surface area contributed by atoms with Crippen molar-refractivity contribution in [2.24, 2.45) is 5.92 Å². The summed E-state index contributed by atoms with van der Waals surface area (Å²) < 4.78 is 1.41. The van der Waals surface area contributed by atoms with E-state index in [-0.39, 0.29) is 5.92 Å². The van der Waals surface area contributed by atoms with Gasteiger partial charge in [0.25, 0.3) is 0 Å². The smallest absolute Gasteiger partial charge is 0.0859 e. The molecule has 0 N–H and O–H groups in total. The third-order valence-electron chi connectivity index (χ3n) is 4.16. The molecule has 2 atom stereocenters. The minimum absolute atomic E-state index is 0.284. The van der Waals surface area contributed by atoms with Crippen LogP contribution < -0.4 is 0 Å². The Morgan fingerprint density at radius 1 is 1.30 bits per heavy atom. The number of aromatic nitrogens is 2. The SMILES string of the molecule is [B]C([B])([B])n1nc(C2CN(C(C)C)CC2C)c(Cl)c1C. The summed E-state index contributed by atoms with van der Waals surface area (Å²) in [6, 6.07) is 0.516. The second-order valence-corrected chi connectivity index (χ2v) is 6.59. The monoisotopic (exact) mass is 285 g/mol. The lowest BCUT2D eigenvalue weighted by Gasteiger charge is -2.23. The Bertz CT molecular complexity index is 496. The van der Waals surface area contributed by atoms with Crippen molar-refractivity contribution in [3.8, 4) is 0 Å². The quantitative estimate of drug-likeness (QED) is 0.782. The van der Waals surface area contributed by atoms with Crippen molar-refractivity contribution in [2.45, 2.75) is 44.9 Å². The molecule has 102 valence electrons. The molecule has 0 bridgehead atoms. The number of hydrogen-bond donors (Lipinski definition) is 0. The molecule has 2 unspecified atom stereocenters. The van der Waals surface area contributed by atoms with Gasteiger partial charge in [0.05, 0.1) is 39.9 Å². The summed E-state index contributed by atoms with van der Waals surface area (Å²) in [5, 5.41) is 3.59. The van der Waals surface area contributed by atoms with E-state index in [0.29, 0.717) is 22.7 Å². The Hall–Kier alpha value is -0.345. The third kappa shape index (κ3) is 2.82. The van der Waals surface area contributed by atoms with Crippen LogP contribution in [0.3, 0.4) is 0 Å². The van der Waals surface area contributed by atoms with E-state index in [4.69, 9.17) is 35.1 Å². The van der Waals surface area contributed by atoms with Crippen LogP contribution in [-0.2, 0) is 5.24 Å². The van der Waals surface area contributed by atoms with E-state index in [1.165, 1.54) is 4.68 Å². The van der Waals surface area contributed by atoms with E-state index < -0.39 is 5.24 Å². The fourth-order valence-electron chi connectivity index (χ4n) is 2.90. The minimum atomic E-state index is -1.52. The topological polar surface area (TPSA) is 21.1 Å². The maximum atomic E-state index is 6.42. The number of halogens is 1. The molecule has 1 aromatic heterocycles. The Balaban J connectivity index is 2.35. The van der Waals surface area contributed by atoms with E-state index in [0.717, 1.165) is 18.8 Å². The van der Waals surface area contributed by atoms with E-state index >= 15 is 0 Å². The normalized spacial score (nSPS) is 24.7. The molecule has 0 aliphatic carbocycles. The maximum Gasteiger partial charge on any atom is 0.0859 e. The fourth-order valence-corrected chi connectivity index (χ4v) is 3.16. The molecule has 0 saturated carbocycles. The molecule has 0 amide bonds. The Morgan fingerprint density at radius 3 is 2.30 bits per heavy atom. The molecule has 7 heteroatoms. The lowest BCUT2D eigenvalue weighted by atomic mass is 9.49. The molecule has 1 aliphatic heterocycles. The zero-order valence-corrected chi connectivity index (χ0v) is 13.4. The molecule has 1 aliphatic rings. The predicted molar refractivity (Wildman–Crippen MR) is 85.8 cm³/mol. The molecule has 3 nitrogen and oxygen atoms in total. The van der Waals surface area contributed by atoms with E-state index in [9.17, 15) is 0 Å². The molecular formula is C13H19B3ClN3. The number of rotatable bonds is 3. The summed E-state index contributed by atoms with van der Waals surface area (Å²) >= 11 is 6.42. The number of hydrogen-bond acceptors (Lipinski definition) is 2. The van der Waals surface area contributed by atoms with Crippen molar-refractivity contribution in [1.29, 1.82) is 0 Å². The first-order chi connectivity index (χ1) is 9.12. The van der Waals surface area contributed by atoms with Crippen LogP contribution in [0.25, 0.3) is 0 Å². The Labute approximate surface area is 130 Å². The zero-order chi connectivity index (χ0) is 15.2. The molecule has 6 radical (unpaired) electrons. The van der Waals surface area contributed by atoms with Crippen LogP contribution in [0.2, 0.25) is 5.02 Å². The first kappa shape index (κ1) is 16.0. The van der Waals surface area contributed by atoms with Crippen molar-refractivity contribution in [3.63, 3.8) is 0 Å². The van der Waals surface area contributed by atoms with E-state index in [1.807, 2.05) is 6.92 Å². The number of likely N-dealkylation sites (tertiary alicyclic amines) is 1. The van der Waals surface area contributed by atoms with Crippen molar-refractivity contribution in [2.75, 3.05) is 13.1 Å². The summed E-state index contributed by atoms with van der Waals surface area (Å²) in [5.74, 6) is 0.771. The zero-order valence-electron chi connectivity index (χ0n) is 12.6. The van der Waals surface area contributed by atoms with Gasteiger partial charge in [-0.25, -0.2) is 0 Å². The van der Waals surface area contributed by atoms with Crippen molar-refractivity contribution in [1.82, 2.24) is 14.7 Å². The highest BCUT2D eigenvalue weighted by molar-refractivity contribution is 6.56. The average molecular weight is 285 g/mol. The van der Waals surface area contributed by atoms with E-state index in [2.05, 4.69) is 30.8 Å². The molecule has 2 rings (SSSR count). The fraction of sp³-hybridized carbons (Fsp3) is 0.769. The van der Waals surface area contributed by atoms with Crippen LogP contribution in [0.15, 0.2) is 0 Å². The van der Waals surface area contributed by atoms with Gasteiger partial charge in [0.15, 0.2) is 0 Å². The highest BCUT2D eigenvalue weighted by atomic mass is 35.5. The number of nitrogens with zero attached hydrogens (tertiary/aromatic N) is 3. The Kier molecular flexibility index (Phi) is 4.37. The van der Waals surface area contributed by atoms with Crippen molar-refractivity contribution in [3.05, 3.63) is 16.4 Å². The lowest BCUT2D eigenvalue weighted by Crippen LogP contribution is -2.37. The van der Waals surface area contributed by atoms with Crippen molar-refractivity contribution < 1.29 is 0 Å². The molecule has 0 spiro atoms. The molecule has 2 heterocycles. The summed E-state index contributed by atoms with van der Waals surface area (Å²) in [5.41, 5.74) is 1.56. The Morgan fingerprint density at radius 2 is 1.90 bits per heavy atom. The van der Waals surface area contributed by atoms with Crippen molar-refractivity contribution >= 4 is 35.1 Å². The summed E-state index contributed by atoms with van der Waals surface area (Å²) in [4.78, 5) is 2.43. The standard InChI is InChI=1S/C13H19B3ClN3/c1-7(2)19-5-8(3)10(6-19)12-11(17)9(4)20(18-12)13(14,15)16/h7-8,10H,5-6H2,1-4H3. The molecular weight excluding hydrogens is 266 g/mol. The summed E-state index contributed by atoms with van der Waals surface area (Å²) in [7, 11) is 17.2. The van der Waals surface area contributed by atoms with Gasteiger partial charge in [0.1, 0.15) is 0 Å². The highest BCUT2D eigenvalue weighted by Gasteiger charge is 2.36. The van der Waals surface area contributed by atoms with E-state index in [1.54, 1.807) is 0 Å². The van der Waals surface area contributed by atoms with Crippen LogP contribution in [-0.4, -0.2) is 57.4 Å². The lowest BCUT2D eigenvalue weighted by molar-refractivity contribution is 0.266. The molecule has 1 aromatic rings. The minimum Gasteiger partial charge on any atom is -0.300 e. The highest BCUT2D eigenvalue weighted by Crippen LogP contribution is 2.37. The van der Waals surface area contributed by atoms with Crippen LogP contribution in [0.5, 0.6) is 0 Å². The first-order valence-electron chi connectivity index (χ1n) is 6.99. The van der Waals surface area contributed by atoms with Gasteiger partial charge in [-0.2, -0.15) is 5.10 Å². The summed E-state index contributed by atoms with van der Waals surface area (Å²) in [6.07, 6.45) is 0. The maximum absolute atomic E-state index is 6.42.